The van der Waals surface area contributed by atoms with Crippen molar-refractivity contribution in [2.75, 3.05) is 11.5 Å². The molecule has 31 heavy (non-hydrogen) atoms. The molecule has 2 aromatic carbocycles. The molecule has 0 unspecified atom stereocenters. The molecule has 0 saturated carbocycles. The number of aliphatic hydroxyl groups is 1. The molecule has 1 fully saturated rings. The van der Waals surface area contributed by atoms with Crippen molar-refractivity contribution in [3.8, 4) is 5.75 Å². The number of benzene rings is 2. The molecule has 156 valence electrons. The van der Waals surface area contributed by atoms with E-state index < -0.39 is 17.7 Å². The molecule has 4 rings (SSSR count). The van der Waals surface area contributed by atoms with E-state index in [1.807, 2.05) is 6.92 Å². The summed E-state index contributed by atoms with van der Waals surface area (Å²) in [4.78, 5) is 35.4. The van der Waals surface area contributed by atoms with Crippen molar-refractivity contribution >= 4 is 35.0 Å². The molecule has 1 aromatic heterocycles. The van der Waals surface area contributed by atoms with Gasteiger partial charge in [-0.15, -0.1) is 0 Å². The number of aromatic nitrogens is 2. The number of Topliss-reactive ketones (excluding diaryl/α,β-unsaturated/α-hetero) is 1. The fourth-order valence-corrected chi connectivity index (χ4v) is 3.68. The van der Waals surface area contributed by atoms with Crippen LogP contribution in [0.15, 0.2) is 72.6 Å². The van der Waals surface area contributed by atoms with E-state index in [0.717, 1.165) is 0 Å². The third kappa shape index (κ3) is 3.87. The summed E-state index contributed by atoms with van der Waals surface area (Å²) < 4.78 is 5.42. The van der Waals surface area contributed by atoms with E-state index in [1.165, 1.54) is 17.3 Å². The van der Waals surface area contributed by atoms with Gasteiger partial charge in [0.15, 0.2) is 0 Å². The van der Waals surface area contributed by atoms with E-state index in [2.05, 4.69) is 9.97 Å². The van der Waals surface area contributed by atoms with Gasteiger partial charge < -0.3 is 9.84 Å². The van der Waals surface area contributed by atoms with E-state index >= 15 is 0 Å². The molecule has 8 heteroatoms. The molecular formula is C23H18ClN3O4. The zero-order chi connectivity index (χ0) is 22.0. The highest BCUT2D eigenvalue weighted by molar-refractivity contribution is 6.51. The molecule has 7 nitrogen and oxygen atoms in total. The molecule has 1 atom stereocenters. The summed E-state index contributed by atoms with van der Waals surface area (Å²) in [5.41, 5.74) is 0.859. The Hall–Kier alpha value is -3.71. The number of halogens is 1. The van der Waals surface area contributed by atoms with Crippen LogP contribution in [0.2, 0.25) is 5.02 Å². The molecule has 1 N–H and O–H groups in total. The molecule has 3 aromatic rings. The van der Waals surface area contributed by atoms with Gasteiger partial charge in [-0.05, 0) is 55.0 Å². The number of ketones is 1. The summed E-state index contributed by atoms with van der Waals surface area (Å²) >= 11 is 6.17. The van der Waals surface area contributed by atoms with E-state index in [1.54, 1.807) is 54.6 Å². The topological polar surface area (TPSA) is 92.6 Å². The van der Waals surface area contributed by atoms with Crippen LogP contribution in [0.5, 0.6) is 5.75 Å². The fourth-order valence-electron chi connectivity index (χ4n) is 3.48. The number of ether oxygens (including phenoxy) is 1. The Bertz CT molecular complexity index is 1160. The van der Waals surface area contributed by atoms with Crippen LogP contribution >= 0.6 is 11.6 Å². The second-order valence-electron chi connectivity index (χ2n) is 6.73. The van der Waals surface area contributed by atoms with Crippen LogP contribution in [-0.4, -0.2) is 33.4 Å². The highest BCUT2D eigenvalue weighted by Crippen LogP contribution is 2.41. The smallest absolute Gasteiger partial charge is 0.302 e. The van der Waals surface area contributed by atoms with Gasteiger partial charge in [-0.1, -0.05) is 23.7 Å². The van der Waals surface area contributed by atoms with Gasteiger partial charge in [0.2, 0.25) is 5.95 Å². The zero-order valence-electron chi connectivity index (χ0n) is 16.5. The number of carbonyl (C=O) groups is 2. The summed E-state index contributed by atoms with van der Waals surface area (Å²) in [6.07, 6.45) is 2.95. The Balaban J connectivity index is 1.89. The highest BCUT2D eigenvalue weighted by atomic mass is 35.5. The van der Waals surface area contributed by atoms with Crippen molar-refractivity contribution in [2.24, 2.45) is 0 Å². The number of carbonyl (C=O) groups excluding carboxylic acids is 2. The minimum atomic E-state index is -0.937. The number of amides is 1. The standard InChI is InChI=1S/C23H18ClN3O4/c1-2-31-17-9-7-14(8-10-17)20(28)18-19(15-5-3-6-16(24)13-15)27(22(30)21(18)29)23-25-11-4-12-26-23/h3-13,19,28H,2H2,1H3/t19-/m0/s1. The summed E-state index contributed by atoms with van der Waals surface area (Å²) in [7, 11) is 0. The fraction of sp³-hybridized carbons (Fsp3) is 0.130. The minimum absolute atomic E-state index is 0.0559. The second-order valence-corrected chi connectivity index (χ2v) is 7.17. The Kier molecular flexibility index (Phi) is 5.68. The lowest BCUT2D eigenvalue weighted by molar-refractivity contribution is -0.132. The molecule has 1 aliphatic rings. The molecular weight excluding hydrogens is 418 g/mol. The molecule has 0 radical (unpaired) electrons. The van der Waals surface area contributed by atoms with Gasteiger partial charge in [-0.25, -0.2) is 9.97 Å². The normalized spacial score (nSPS) is 17.7. The van der Waals surface area contributed by atoms with Crippen LogP contribution in [0.4, 0.5) is 5.95 Å². The quantitative estimate of drug-likeness (QED) is 0.367. The molecule has 1 aliphatic heterocycles. The lowest BCUT2D eigenvalue weighted by Crippen LogP contribution is -2.31. The van der Waals surface area contributed by atoms with Crippen LogP contribution in [-0.2, 0) is 9.59 Å². The SMILES string of the molecule is CCOc1ccc(C(O)=C2C(=O)C(=O)N(c3ncccn3)[C@H]2c2cccc(Cl)c2)cc1. The molecule has 2 heterocycles. The van der Waals surface area contributed by atoms with E-state index in [-0.39, 0.29) is 17.3 Å². The van der Waals surface area contributed by atoms with Gasteiger partial charge in [0.25, 0.3) is 5.78 Å². The number of anilines is 1. The number of rotatable bonds is 5. The van der Waals surface area contributed by atoms with Crippen molar-refractivity contribution in [3.05, 3.63) is 88.7 Å². The Morgan fingerprint density at radius 1 is 1.10 bits per heavy atom. The van der Waals surface area contributed by atoms with Crippen LogP contribution in [0.25, 0.3) is 5.76 Å². The van der Waals surface area contributed by atoms with E-state index in [9.17, 15) is 14.7 Å². The number of aliphatic hydroxyl groups excluding tert-OH is 1. The Morgan fingerprint density at radius 3 is 2.45 bits per heavy atom. The number of hydrogen-bond donors (Lipinski definition) is 1. The van der Waals surface area contributed by atoms with Gasteiger partial charge in [0, 0.05) is 23.0 Å². The maximum absolute atomic E-state index is 13.0. The molecule has 0 spiro atoms. The van der Waals surface area contributed by atoms with Crippen molar-refractivity contribution in [2.45, 2.75) is 13.0 Å². The largest absolute Gasteiger partial charge is 0.507 e. The van der Waals surface area contributed by atoms with Gasteiger partial charge in [0.1, 0.15) is 11.5 Å². The summed E-state index contributed by atoms with van der Waals surface area (Å²) in [6, 6.07) is 14.0. The van der Waals surface area contributed by atoms with Crippen molar-refractivity contribution in [1.82, 2.24) is 9.97 Å². The molecule has 0 aliphatic carbocycles. The summed E-state index contributed by atoms with van der Waals surface area (Å²) in [5, 5.41) is 11.5. The average Bonchev–Trinajstić information content (AvgIpc) is 3.05. The Morgan fingerprint density at radius 2 is 1.81 bits per heavy atom. The van der Waals surface area contributed by atoms with Gasteiger partial charge in [-0.2, -0.15) is 0 Å². The van der Waals surface area contributed by atoms with Crippen LogP contribution in [0, 0.1) is 0 Å². The van der Waals surface area contributed by atoms with Crippen LogP contribution in [0.3, 0.4) is 0 Å². The predicted octanol–water partition coefficient (Wildman–Crippen LogP) is 4.16. The second kappa shape index (κ2) is 8.57. The third-order valence-corrected chi connectivity index (χ3v) is 5.05. The first-order chi connectivity index (χ1) is 15.0. The van der Waals surface area contributed by atoms with Crippen molar-refractivity contribution in [1.29, 1.82) is 0 Å². The number of nitrogens with zero attached hydrogens (tertiary/aromatic N) is 3. The van der Waals surface area contributed by atoms with Gasteiger partial charge in [-0.3, -0.25) is 14.5 Å². The first-order valence-electron chi connectivity index (χ1n) is 9.58. The van der Waals surface area contributed by atoms with Crippen LogP contribution in [0.1, 0.15) is 24.1 Å². The Labute approximate surface area is 183 Å². The lowest BCUT2D eigenvalue weighted by atomic mass is 9.95. The van der Waals surface area contributed by atoms with Gasteiger partial charge >= 0.3 is 5.91 Å². The lowest BCUT2D eigenvalue weighted by Gasteiger charge is -2.23. The first-order valence-corrected chi connectivity index (χ1v) is 9.95. The maximum atomic E-state index is 13.0. The van der Waals surface area contributed by atoms with E-state index in [0.29, 0.717) is 28.5 Å². The van der Waals surface area contributed by atoms with Gasteiger partial charge in [0.05, 0.1) is 18.2 Å². The molecule has 0 bridgehead atoms. The highest BCUT2D eigenvalue weighted by Gasteiger charge is 2.48. The number of hydrogen-bond acceptors (Lipinski definition) is 6. The zero-order valence-corrected chi connectivity index (χ0v) is 17.3. The summed E-state index contributed by atoms with van der Waals surface area (Å²) in [6.45, 7) is 2.37. The van der Waals surface area contributed by atoms with E-state index in [4.69, 9.17) is 16.3 Å². The monoisotopic (exact) mass is 435 g/mol. The van der Waals surface area contributed by atoms with Crippen LogP contribution < -0.4 is 9.64 Å². The molecule has 1 amide bonds. The van der Waals surface area contributed by atoms with Crippen molar-refractivity contribution < 1.29 is 19.4 Å². The average molecular weight is 436 g/mol. The first kappa shape index (κ1) is 20.6. The molecule has 1 saturated heterocycles. The predicted molar refractivity (Wildman–Crippen MR) is 116 cm³/mol. The maximum Gasteiger partial charge on any atom is 0.302 e. The summed E-state index contributed by atoms with van der Waals surface area (Å²) in [5.74, 6) is -1.28. The third-order valence-electron chi connectivity index (χ3n) is 4.82. The minimum Gasteiger partial charge on any atom is -0.507 e. The van der Waals surface area contributed by atoms with Crippen molar-refractivity contribution in [3.63, 3.8) is 0 Å².